The van der Waals surface area contributed by atoms with E-state index >= 15 is 0 Å². The van der Waals surface area contributed by atoms with Gasteiger partial charge < -0.3 is 14.8 Å². The molecule has 0 saturated carbocycles. The van der Waals surface area contributed by atoms with E-state index in [0.29, 0.717) is 30.0 Å². The van der Waals surface area contributed by atoms with Crippen molar-refractivity contribution in [2.24, 2.45) is 0 Å². The van der Waals surface area contributed by atoms with Crippen molar-refractivity contribution in [1.29, 1.82) is 0 Å². The minimum absolute atomic E-state index is 0.139. The van der Waals surface area contributed by atoms with Crippen LogP contribution in [0.2, 0.25) is 5.02 Å². The van der Waals surface area contributed by atoms with Crippen LogP contribution in [-0.4, -0.2) is 24.9 Å². The van der Waals surface area contributed by atoms with Gasteiger partial charge in [-0.05, 0) is 38.5 Å². The Morgan fingerprint density at radius 2 is 1.90 bits per heavy atom. The zero-order chi connectivity index (χ0) is 15.2. The highest BCUT2D eigenvalue weighted by Crippen LogP contribution is 2.25. The third-order valence-corrected chi connectivity index (χ3v) is 2.88. The highest BCUT2D eigenvalue weighted by Gasteiger charge is 2.10. The van der Waals surface area contributed by atoms with Crippen LogP contribution in [0.3, 0.4) is 0 Å². The Kier molecular flexibility index (Phi) is 6.80. The lowest BCUT2D eigenvalue weighted by Gasteiger charge is -2.19. The van der Waals surface area contributed by atoms with E-state index < -0.39 is 0 Å². The minimum Gasteiger partial charge on any atom is -0.490 e. The van der Waals surface area contributed by atoms with Gasteiger partial charge in [-0.1, -0.05) is 31.5 Å². The maximum absolute atomic E-state index is 6.22. The summed E-state index contributed by atoms with van der Waals surface area (Å²) in [6.45, 7) is 12.2. The molecule has 0 amide bonds. The molecule has 0 unspecified atom stereocenters. The minimum atomic E-state index is -0.139. The quantitative estimate of drug-likeness (QED) is 0.771. The van der Waals surface area contributed by atoms with Gasteiger partial charge in [0, 0.05) is 12.6 Å². The summed E-state index contributed by atoms with van der Waals surface area (Å²) in [4.78, 5) is 0. The molecule has 1 N–H and O–H groups in total. The van der Waals surface area contributed by atoms with Gasteiger partial charge in [-0.15, -0.1) is 0 Å². The van der Waals surface area contributed by atoms with Gasteiger partial charge in [-0.2, -0.15) is 0 Å². The first kappa shape index (κ1) is 17.3. The molecule has 0 aliphatic rings. The SMILES string of the molecule is CC(C)NCc1ccc(OCCOC(C)(C)C)c(Cl)c1. The zero-order valence-corrected chi connectivity index (χ0v) is 13.9. The van der Waals surface area contributed by atoms with Crippen molar-refractivity contribution in [1.82, 2.24) is 5.32 Å². The van der Waals surface area contributed by atoms with Gasteiger partial charge in [0.05, 0.1) is 17.2 Å². The largest absolute Gasteiger partial charge is 0.490 e. The molecule has 114 valence electrons. The third-order valence-electron chi connectivity index (χ3n) is 2.59. The molecule has 0 atom stereocenters. The van der Waals surface area contributed by atoms with Crippen LogP contribution in [-0.2, 0) is 11.3 Å². The predicted molar refractivity (Wildman–Crippen MR) is 84.6 cm³/mol. The fourth-order valence-corrected chi connectivity index (χ4v) is 1.85. The standard InChI is InChI=1S/C16H26ClNO2/c1-12(2)18-11-13-6-7-15(14(17)10-13)19-8-9-20-16(3,4)5/h6-7,10,12,18H,8-9,11H2,1-5H3. The van der Waals surface area contributed by atoms with Crippen LogP contribution in [0, 0.1) is 0 Å². The number of hydrogen-bond acceptors (Lipinski definition) is 3. The lowest BCUT2D eigenvalue weighted by Crippen LogP contribution is -2.22. The predicted octanol–water partition coefficient (Wildman–Crippen LogP) is 4.03. The molecule has 0 fully saturated rings. The van der Waals surface area contributed by atoms with Crippen molar-refractivity contribution in [3.63, 3.8) is 0 Å². The van der Waals surface area contributed by atoms with Gasteiger partial charge in [-0.25, -0.2) is 0 Å². The summed E-state index contributed by atoms with van der Waals surface area (Å²) in [6, 6.07) is 6.34. The molecule has 0 bridgehead atoms. The maximum atomic E-state index is 6.22. The fraction of sp³-hybridized carbons (Fsp3) is 0.625. The molecule has 0 aliphatic heterocycles. The Labute approximate surface area is 127 Å². The number of halogens is 1. The van der Waals surface area contributed by atoms with Crippen LogP contribution >= 0.6 is 11.6 Å². The molecule has 0 aromatic heterocycles. The molecule has 0 saturated heterocycles. The van der Waals surface area contributed by atoms with E-state index in [-0.39, 0.29) is 5.60 Å². The van der Waals surface area contributed by atoms with Gasteiger partial charge in [0.2, 0.25) is 0 Å². The molecule has 1 aromatic rings. The Morgan fingerprint density at radius 1 is 1.20 bits per heavy atom. The molecule has 0 heterocycles. The van der Waals surface area contributed by atoms with E-state index in [0.717, 1.165) is 12.1 Å². The number of benzene rings is 1. The Balaban J connectivity index is 2.43. The van der Waals surface area contributed by atoms with Gasteiger partial charge in [0.25, 0.3) is 0 Å². The number of ether oxygens (including phenoxy) is 2. The van der Waals surface area contributed by atoms with Crippen molar-refractivity contribution >= 4 is 11.6 Å². The van der Waals surface area contributed by atoms with Crippen LogP contribution in [0.5, 0.6) is 5.75 Å². The van der Waals surface area contributed by atoms with E-state index in [9.17, 15) is 0 Å². The summed E-state index contributed by atoms with van der Waals surface area (Å²) in [5, 5.41) is 4.00. The molecule has 0 radical (unpaired) electrons. The lowest BCUT2D eigenvalue weighted by atomic mass is 10.2. The highest BCUT2D eigenvalue weighted by molar-refractivity contribution is 6.32. The summed E-state index contributed by atoms with van der Waals surface area (Å²) in [6.07, 6.45) is 0. The average Bonchev–Trinajstić information content (AvgIpc) is 2.32. The monoisotopic (exact) mass is 299 g/mol. The third kappa shape index (κ3) is 7.13. The number of hydrogen-bond donors (Lipinski definition) is 1. The highest BCUT2D eigenvalue weighted by atomic mass is 35.5. The summed E-state index contributed by atoms with van der Waals surface area (Å²) >= 11 is 6.22. The Bertz CT molecular complexity index is 413. The van der Waals surface area contributed by atoms with Crippen molar-refractivity contribution in [3.05, 3.63) is 28.8 Å². The van der Waals surface area contributed by atoms with Crippen LogP contribution in [0.4, 0.5) is 0 Å². The normalized spacial score (nSPS) is 11.9. The zero-order valence-electron chi connectivity index (χ0n) is 13.1. The summed E-state index contributed by atoms with van der Waals surface area (Å²) < 4.78 is 11.2. The maximum Gasteiger partial charge on any atom is 0.138 e. The van der Waals surface area contributed by atoms with Crippen molar-refractivity contribution in [2.45, 2.75) is 52.8 Å². The van der Waals surface area contributed by atoms with Crippen LogP contribution < -0.4 is 10.1 Å². The van der Waals surface area contributed by atoms with Gasteiger partial charge in [0.1, 0.15) is 12.4 Å². The smallest absolute Gasteiger partial charge is 0.138 e. The summed E-state index contributed by atoms with van der Waals surface area (Å²) in [5.74, 6) is 0.706. The molecule has 1 aromatic carbocycles. The Morgan fingerprint density at radius 3 is 2.45 bits per heavy atom. The molecule has 0 spiro atoms. The van der Waals surface area contributed by atoms with Crippen molar-refractivity contribution in [3.8, 4) is 5.75 Å². The molecule has 1 rings (SSSR count). The molecule has 4 heteroatoms. The van der Waals surface area contributed by atoms with Gasteiger partial charge in [-0.3, -0.25) is 0 Å². The van der Waals surface area contributed by atoms with E-state index in [1.54, 1.807) is 0 Å². The lowest BCUT2D eigenvalue weighted by molar-refractivity contribution is -0.0162. The summed E-state index contributed by atoms with van der Waals surface area (Å²) in [7, 11) is 0. The second kappa shape index (κ2) is 7.87. The molecular weight excluding hydrogens is 274 g/mol. The Hall–Kier alpha value is -0.770. The van der Waals surface area contributed by atoms with E-state index in [2.05, 4.69) is 19.2 Å². The number of nitrogens with one attached hydrogen (secondary N) is 1. The number of rotatable bonds is 7. The van der Waals surface area contributed by atoms with Gasteiger partial charge in [0.15, 0.2) is 0 Å². The van der Waals surface area contributed by atoms with Crippen molar-refractivity contribution < 1.29 is 9.47 Å². The van der Waals surface area contributed by atoms with Gasteiger partial charge >= 0.3 is 0 Å². The van der Waals surface area contributed by atoms with Crippen LogP contribution in [0.1, 0.15) is 40.2 Å². The molecule has 3 nitrogen and oxygen atoms in total. The van der Waals surface area contributed by atoms with E-state index in [1.807, 2.05) is 39.0 Å². The molecular formula is C16H26ClNO2. The topological polar surface area (TPSA) is 30.5 Å². The fourth-order valence-electron chi connectivity index (χ4n) is 1.59. The first-order valence-electron chi connectivity index (χ1n) is 7.06. The first-order chi connectivity index (χ1) is 9.28. The second-order valence-electron chi connectivity index (χ2n) is 6.11. The second-order valence-corrected chi connectivity index (χ2v) is 6.52. The van der Waals surface area contributed by atoms with Crippen LogP contribution in [0.25, 0.3) is 0 Å². The van der Waals surface area contributed by atoms with E-state index in [4.69, 9.17) is 21.1 Å². The molecule has 0 aliphatic carbocycles. The van der Waals surface area contributed by atoms with Crippen LogP contribution in [0.15, 0.2) is 18.2 Å². The molecule has 20 heavy (non-hydrogen) atoms. The average molecular weight is 300 g/mol. The van der Waals surface area contributed by atoms with E-state index in [1.165, 1.54) is 0 Å². The first-order valence-corrected chi connectivity index (χ1v) is 7.44. The van der Waals surface area contributed by atoms with Crippen molar-refractivity contribution in [2.75, 3.05) is 13.2 Å². The summed E-state index contributed by atoms with van der Waals surface area (Å²) in [5.41, 5.74) is 1.02.